The molecule has 15 heavy (non-hydrogen) atoms. The van der Waals surface area contributed by atoms with Gasteiger partial charge in [0.2, 0.25) is 0 Å². The van der Waals surface area contributed by atoms with Crippen LogP contribution in [0.4, 0.5) is 0 Å². The summed E-state index contributed by atoms with van der Waals surface area (Å²) in [6.07, 6.45) is 0.710. The number of benzene rings is 1. The molecule has 0 aliphatic rings. The minimum absolute atomic E-state index is 0.248. The molecule has 1 aromatic rings. The molecule has 0 aliphatic heterocycles. The van der Waals surface area contributed by atoms with Crippen molar-refractivity contribution in [3.63, 3.8) is 0 Å². The number of rotatable bonds is 4. The number of carbonyl (C=O) groups is 1. The van der Waals surface area contributed by atoms with Gasteiger partial charge in [0, 0.05) is 13.3 Å². The molecule has 4 heteroatoms. The fourth-order valence-corrected chi connectivity index (χ4v) is 1.77. The SMILES string of the molecule is COc1ccc(CCOC(C)=O)cc1Br. The van der Waals surface area contributed by atoms with Gasteiger partial charge in [-0.25, -0.2) is 0 Å². The van der Waals surface area contributed by atoms with Gasteiger partial charge >= 0.3 is 5.97 Å². The lowest BCUT2D eigenvalue weighted by Gasteiger charge is -2.06. The zero-order chi connectivity index (χ0) is 11.3. The highest BCUT2D eigenvalue weighted by Crippen LogP contribution is 2.25. The van der Waals surface area contributed by atoms with Crippen molar-refractivity contribution in [1.29, 1.82) is 0 Å². The van der Waals surface area contributed by atoms with E-state index in [-0.39, 0.29) is 5.97 Å². The quantitative estimate of drug-likeness (QED) is 0.791. The first-order valence-electron chi connectivity index (χ1n) is 4.59. The number of hydrogen-bond donors (Lipinski definition) is 0. The molecule has 0 saturated carbocycles. The Labute approximate surface area is 97.5 Å². The Kier molecular flexibility index (Phi) is 4.62. The van der Waals surface area contributed by atoms with Crippen molar-refractivity contribution < 1.29 is 14.3 Å². The first kappa shape index (κ1) is 12.0. The van der Waals surface area contributed by atoms with Crippen LogP contribution in [0.2, 0.25) is 0 Å². The zero-order valence-corrected chi connectivity index (χ0v) is 10.3. The van der Waals surface area contributed by atoms with Crippen LogP contribution in [0.25, 0.3) is 0 Å². The number of carbonyl (C=O) groups excluding carboxylic acids is 1. The van der Waals surface area contributed by atoms with Gasteiger partial charge < -0.3 is 9.47 Å². The maximum Gasteiger partial charge on any atom is 0.302 e. The lowest BCUT2D eigenvalue weighted by molar-refractivity contribution is -0.140. The third-order valence-electron chi connectivity index (χ3n) is 1.91. The van der Waals surface area contributed by atoms with E-state index >= 15 is 0 Å². The van der Waals surface area contributed by atoms with Crippen molar-refractivity contribution >= 4 is 21.9 Å². The molecular formula is C11H13BrO3. The molecule has 0 aliphatic carbocycles. The maximum absolute atomic E-state index is 10.5. The highest BCUT2D eigenvalue weighted by molar-refractivity contribution is 9.10. The van der Waals surface area contributed by atoms with Crippen LogP contribution >= 0.6 is 15.9 Å². The summed E-state index contributed by atoms with van der Waals surface area (Å²) in [6, 6.07) is 5.79. The highest BCUT2D eigenvalue weighted by atomic mass is 79.9. The lowest BCUT2D eigenvalue weighted by atomic mass is 10.1. The van der Waals surface area contributed by atoms with Gasteiger partial charge in [-0.15, -0.1) is 0 Å². The Morgan fingerprint density at radius 2 is 2.20 bits per heavy atom. The second-order valence-corrected chi connectivity index (χ2v) is 3.91. The Bertz CT molecular complexity index is 350. The molecule has 0 heterocycles. The maximum atomic E-state index is 10.5. The average Bonchev–Trinajstić information content (AvgIpc) is 2.17. The summed E-state index contributed by atoms with van der Waals surface area (Å²) in [6.45, 7) is 1.82. The molecule has 82 valence electrons. The van der Waals surface area contributed by atoms with Crippen LogP contribution in [0.5, 0.6) is 5.75 Å². The van der Waals surface area contributed by atoms with Crippen molar-refractivity contribution in [2.24, 2.45) is 0 Å². The third-order valence-corrected chi connectivity index (χ3v) is 2.53. The van der Waals surface area contributed by atoms with Crippen molar-refractivity contribution in [2.45, 2.75) is 13.3 Å². The minimum atomic E-state index is -0.248. The van der Waals surface area contributed by atoms with Gasteiger partial charge in [-0.2, -0.15) is 0 Å². The molecular weight excluding hydrogens is 260 g/mol. The summed E-state index contributed by atoms with van der Waals surface area (Å²) in [5, 5.41) is 0. The van der Waals surface area contributed by atoms with Gasteiger partial charge in [0.25, 0.3) is 0 Å². The summed E-state index contributed by atoms with van der Waals surface area (Å²) in [5.41, 5.74) is 1.10. The topological polar surface area (TPSA) is 35.5 Å². The lowest BCUT2D eigenvalue weighted by Crippen LogP contribution is -2.03. The van der Waals surface area contributed by atoms with Crippen LogP contribution in [-0.2, 0) is 16.0 Å². The minimum Gasteiger partial charge on any atom is -0.496 e. The first-order valence-corrected chi connectivity index (χ1v) is 5.38. The number of halogens is 1. The van der Waals surface area contributed by atoms with Gasteiger partial charge in [-0.1, -0.05) is 6.07 Å². The van der Waals surface area contributed by atoms with E-state index in [1.165, 1.54) is 6.92 Å². The Balaban J connectivity index is 2.55. The third kappa shape index (κ3) is 3.91. The molecule has 0 spiro atoms. The normalized spacial score (nSPS) is 9.80. The van der Waals surface area contributed by atoms with E-state index in [9.17, 15) is 4.79 Å². The molecule has 0 N–H and O–H groups in total. The number of esters is 1. The molecule has 0 bridgehead atoms. The van der Waals surface area contributed by atoms with E-state index in [2.05, 4.69) is 15.9 Å². The fourth-order valence-electron chi connectivity index (χ4n) is 1.18. The fraction of sp³-hybridized carbons (Fsp3) is 0.364. The van der Waals surface area contributed by atoms with E-state index < -0.39 is 0 Å². The van der Waals surface area contributed by atoms with Crippen LogP contribution < -0.4 is 4.74 Å². The van der Waals surface area contributed by atoms with E-state index in [1.54, 1.807) is 7.11 Å². The molecule has 3 nitrogen and oxygen atoms in total. The summed E-state index contributed by atoms with van der Waals surface area (Å²) in [4.78, 5) is 10.5. The molecule has 0 fully saturated rings. The largest absolute Gasteiger partial charge is 0.496 e. The summed E-state index contributed by atoms with van der Waals surface area (Å²) < 4.78 is 10.9. The summed E-state index contributed by atoms with van der Waals surface area (Å²) in [5.74, 6) is 0.550. The number of ether oxygens (including phenoxy) is 2. The van der Waals surface area contributed by atoms with Gasteiger partial charge in [0.1, 0.15) is 5.75 Å². The van der Waals surface area contributed by atoms with Gasteiger partial charge in [0.15, 0.2) is 0 Å². The van der Waals surface area contributed by atoms with E-state index in [4.69, 9.17) is 9.47 Å². The second kappa shape index (κ2) is 5.75. The van der Waals surface area contributed by atoms with Crippen molar-refractivity contribution in [2.75, 3.05) is 13.7 Å². The second-order valence-electron chi connectivity index (χ2n) is 3.06. The highest BCUT2D eigenvalue weighted by Gasteiger charge is 2.01. The molecule has 0 radical (unpaired) electrons. The molecule has 0 aromatic heterocycles. The molecule has 0 unspecified atom stereocenters. The predicted molar refractivity (Wildman–Crippen MR) is 61.0 cm³/mol. The van der Waals surface area contributed by atoms with Crippen LogP contribution in [0.1, 0.15) is 12.5 Å². The molecule has 0 amide bonds. The number of methoxy groups -OCH3 is 1. The first-order chi connectivity index (χ1) is 7.13. The predicted octanol–water partition coefficient (Wildman–Crippen LogP) is 2.56. The molecule has 1 aromatic carbocycles. The Morgan fingerprint density at radius 3 is 2.73 bits per heavy atom. The summed E-state index contributed by atoms with van der Waals surface area (Å²) >= 11 is 3.40. The van der Waals surface area contributed by atoms with E-state index in [1.807, 2.05) is 18.2 Å². The van der Waals surface area contributed by atoms with Gasteiger partial charge in [-0.05, 0) is 33.6 Å². The average molecular weight is 273 g/mol. The molecule has 0 atom stereocenters. The van der Waals surface area contributed by atoms with E-state index in [0.717, 1.165) is 15.8 Å². The molecule has 0 saturated heterocycles. The van der Waals surface area contributed by atoms with Gasteiger partial charge in [0.05, 0.1) is 18.2 Å². The standard InChI is InChI=1S/C11H13BrO3/c1-8(13)15-6-5-9-3-4-11(14-2)10(12)7-9/h3-4,7H,5-6H2,1-2H3. The van der Waals surface area contributed by atoms with Crippen LogP contribution in [-0.4, -0.2) is 19.7 Å². The monoisotopic (exact) mass is 272 g/mol. The van der Waals surface area contributed by atoms with Crippen molar-refractivity contribution in [1.82, 2.24) is 0 Å². The van der Waals surface area contributed by atoms with Crippen molar-refractivity contribution in [3.8, 4) is 5.75 Å². The number of hydrogen-bond acceptors (Lipinski definition) is 3. The van der Waals surface area contributed by atoms with Crippen LogP contribution in [0, 0.1) is 0 Å². The smallest absolute Gasteiger partial charge is 0.302 e. The van der Waals surface area contributed by atoms with Crippen LogP contribution in [0.15, 0.2) is 22.7 Å². The Morgan fingerprint density at radius 1 is 1.47 bits per heavy atom. The summed E-state index contributed by atoms with van der Waals surface area (Å²) in [7, 11) is 1.62. The van der Waals surface area contributed by atoms with Crippen molar-refractivity contribution in [3.05, 3.63) is 28.2 Å². The Hall–Kier alpha value is -1.03. The van der Waals surface area contributed by atoms with E-state index in [0.29, 0.717) is 13.0 Å². The van der Waals surface area contributed by atoms with Crippen LogP contribution in [0.3, 0.4) is 0 Å². The van der Waals surface area contributed by atoms with Gasteiger partial charge in [-0.3, -0.25) is 4.79 Å². The molecule has 1 rings (SSSR count). The zero-order valence-electron chi connectivity index (χ0n) is 8.75.